The molecule has 0 unspecified atom stereocenters. The monoisotopic (exact) mass is 180 g/mol. The summed E-state index contributed by atoms with van der Waals surface area (Å²) in [6.45, 7) is 5.73. The summed E-state index contributed by atoms with van der Waals surface area (Å²) in [7, 11) is 0. The zero-order valence-corrected chi connectivity index (χ0v) is 8.58. The van der Waals surface area contributed by atoms with Crippen molar-refractivity contribution < 1.29 is 0 Å². The molecule has 1 saturated carbocycles. The first-order valence-electron chi connectivity index (χ1n) is 5.58. The van der Waals surface area contributed by atoms with Crippen LogP contribution in [0.2, 0.25) is 0 Å². The SMILES string of the molecule is CC=NCC1CCN(C2CC2)CC1. The molecule has 0 spiro atoms. The highest BCUT2D eigenvalue weighted by Gasteiger charge is 2.31. The van der Waals surface area contributed by atoms with E-state index in [2.05, 4.69) is 9.89 Å². The molecule has 2 nitrogen and oxygen atoms in total. The lowest BCUT2D eigenvalue weighted by molar-refractivity contribution is 0.180. The third kappa shape index (κ3) is 2.53. The Morgan fingerprint density at radius 3 is 2.46 bits per heavy atom. The topological polar surface area (TPSA) is 15.6 Å². The average molecular weight is 180 g/mol. The van der Waals surface area contributed by atoms with Crippen molar-refractivity contribution in [2.75, 3.05) is 19.6 Å². The minimum absolute atomic E-state index is 0.867. The Balaban J connectivity index is 1.69. The maximum absolute atomic E-state index is 4.34. The first kappa shape index (κ1) is 9.20. The molecule has 0 aromatic rings. The van der Waals surface area contributed by atoms with Crippen LogP contribution in [0.1, 0.15) is 32.6 Å². The third-order valence-corrected chi connectivity index (χ3v) is 3.26. The molecule has 0 aromatic heterocycles. The van der Waals surface area contributed by atoms with Crippen LogP contribution >= 0.6 is 0 Å². The summed E-state index contributed by atoms with van der Waals surface area (Å²) in [5.41, 5.74) is 0. The van der Waals surface area contributed by atoms with Gasteiger partial charge in [0.25, 0.3) is 0 Å². The third-order valence-electron chi connectivity index (χ3n) is 3.26. The molecule has 1 heterocycles. The van der Waals surface area contributed by atoms with Crippen LogP contribution in [0, 0.1) is 5.92 Å². The summed E-state index contributed by atoms with van der Waals surface area (Å²) in [5.74, 6) is 0.867. The van der Waals surface area contributed by atoms with Gasteiger partial charge in [0.15, 0.2) is 0 Å². The molecular formula is C11H20N2. The number of hydrogen-bond donors (Lipinski definition) is 0. The molecule has 13 heavy (non-hydrogen) atoms. The largest absolute Gasteiger partial charge is 0.300 e. The standard InChI is InChI=1S/C11H20N2/c1-2-12-9-10-5-7-13(8-6-10)11-3-4-11/h2,10-11H,3-9H2,1H3. The lowest BCUT2D eigenvalue weighted by atomic mass is 9.97. The van der Waals surface area contributed by atoms with Crippen molar-refractivity contribution in [3.05, 3.63) is 0 Å². The van der Waals surface area contributed by atoms with Gasteiger partial charge in [0.05, 0.1) is 0 Å². The Hall–Kier alpha value is -0.370. The molecule has 74 valence electrons. The van der Waals surface area contributed by atoms with Crippen molar-refractivity contribution in [3.63, 3.8) is 0 Å². The highest BCUT2D eigenvalue weighted by Crippen LogP contribution is 2.30. The van der Waals surface area contributed by atoms with E-state index in [0.717, 1.165) is 18.5 Å². The molecule has 1 aliphatic heterocycles. The number of aliphatic imine (C=N–C) groups is 1. The molecule has 2 fully saturated rings. The van der Waals surface area contributed by atoms with Gasteiger partial charge in [-0.1, -0.05) is 0 Å². The van der Waals surface area contributed by atoms with Gasteiger partial charge in [-0.25, -0.2) is 0 Å². The van der Waals surface area contributed by atoms with Gasteiger partial charge < -0.3 is 4.90 Å². The van der Waals surface area contributed by atoms with Crippen LogP contribution in [0.25, 0.3) is 0 Å². The first-order chi connectivity index (χ1) is 6.40. The van der Waals surface area contributed by atoms with E-state index < -0.39 is 0 Å². The highest BCUT2D eigenvalue weighted by atomic mass is 15.2. The van der Waals surface area contributed by atoms with Gasteiger partial charge in [-0.3, -0.25) is 4.99 Å². The number of rotatable bonds is 3. The zero-order valence-electron chi connectivity index (χ0n) is 8.58. The van der Waals surface area contributed by atoms with Crippen molar-refractivity contribution in [2.45, 2.75) is 38.6 Å². The van der Waals surface area contributed by atoms with Crippen LogP contribution in [0.4, 0.5) is 0 Å². The molecule has 2 aliphatic rings. The number of piperidine rings is 1. The second-order valence-corrected chi connectivity index (χ2v) is 4.33. The number of nitrogens with zero attached hydrogens (tertiary/aromatic N) is 2. The Bertz CT molecular complexity index is 177. The lowest BCUT2D eigenvalue weighted by Gasteiger charge is -2.31. The fraction of sp³-hybridized carbons (Fsp3) is 0.909. The van der Waals surface area contributed by atoms with Gasteiger partial charge in [-0.2, -0.15) is 0 Å². The zero-order chi connectivity index (χ0) is 9.10. The second-order valence-electron chi connectivity index (χ2n) is 4.33. The van der Waals surface area contributed by atoms with Crippen LogP contribution in [-0.2, 0) is 0 Å². The molecule has 1 saturated heterocycles. The van der Waals surface area contributed by atoms with E-state index in [9.17, 15) is 0 Å². The minimum Gasteiger partial charge on any atom is -0.300 e. The molecule has 2 heteroatoms. The van der Waals surface area contributed by atoms with Crippen LogP contribution in [0.5, 0.6) is 0 Å². The minimum atomic E-state index is 0.867. The van der Waals surface area contributed by atoms with Gasteiger partial charge in [-0.15, -0.1) is 0 Å². The highest BCUT2D eigenvalue weighted by molar-refractivity contribution is 5.53. The Kier molecular flexibility index (Phi) is 2.99. The van der Waals surface area contributed by atoms with Gasteiger partial charge in [-0.05, 0) is 57.8 Å². The van der Waals surface area contributed by atoms with E-state index in [0.29, 0.717) is 0 Å². The summed E-state index contributed by atoms with van der Waals surface area (Å²) in [6, 6.07) is 0.968. The first-order valence-corrected chi connectivity index (χ1v) is 5.58. The van der Waals surface area contributed by atoms with Gasteiger partial charge in [0.2, 0.25) is 0 Å². The van der Waals surface area contributed by atoms with Crippen LogP contribution < -0.4 is 0 Å². The van der Waals surface area contributed by atoms with E-state index in [1.165, 1.54) is 38.8 Å². The molecule has 0 bridgehead atoms. The summed E-state index contributed by atoms with van der Waals surface area (Å²) < 4.78 is 0. The summed E-state index contributed by atoms with van der Waals surface area (Å²) in [6.07, 6.45) is 7.59. The van der Waals surface area contributed by atoms with E-state index in [4.69, 9.17) is 0 Å². The second kappa shape index (κ2) is 4.23. The molecular weight excluding hydrogens is 160 g/mol. The Morgan fingerprint density at radius 1 is 1.23 bits per heavy atom. The lowest BCUT2D eigenvalue weighted by Crippen LogP contribution is -2.36. The average Bonchev–Trinajstić information content (AvgIpc) is 2.99. The van der Waals surface area contributed by atoms with Crippen LogP contribution in [0.15, 0.2) is 4.99 Å². The van der Waals surface area contributed by atoms with Crippen molar-refractivity contribution in [2.24, 2.45) is 10.9 Å². The number of likely N-dealkylation sites (tertiary alicyclic amines) is 1. The predicted molar refractivity (Wildman–Crippen MR) is 56.4 cm³/mol. The molecule has 0 atom stereocenters. The molecule has 0 amide bonds. The van der Waals surface area contributed by atoms with Crippen molar-refractivity contribution >= 4 is 6.21 Å². The summed E-state index contributed by atoms with van der Waals surface area (Å²) >= 11 is 0. The number of hydrogen-bond acceptors (Lipinski definition) is 2. The van der Waals surface area contributed by atoms with Gasteiger partial charge in [0, 0.05) is 12.6 Å². The van der Waals surface area contributed by atoms with Gasteiger partial charge in [0.1, 0.15) is 0 Å². The quantitative estimate of drug-likeness (QED) is 0.606. The maximum Gasteiger partial charge on any atom is 0.0414 e. The molecule has 2 rings (SSSR count). The van der Waals surface area contributed by atoms with E-state index in [-0.39, 0.29) is 0 Å². The fourth-order valence-corrected chi connectivity index (χ4v) is 2.19. The predicted octanol–water partition coefficient (Wildman–Crippen LogP) is 1.95. The molecule has 1 aliphatic carbocycles. The van der Waals surface area contributed by atoms with Crippen LogP contribution in [-0.4, -0.2) is 36.8 Å². The van der Waals surface area contributed by atoms with Crippen LogP contribution in [0.3, 0.4) is 0 Å². The Morgan fingerprint density at radius 2 is 1.92 bits per heavy atom. The van der Waals surface area contributed by atoms with Crippen molar-refractivity contribution in [1.29, 1.82) is 0 Å². The van der Waals surface area contributed by atoms with Gasteiger partial charge >= 0.3 is 0 Å². The van der Waals surface area contributed by atoms with E-state index in [1.807, 2.05) is 13.1 Å². The summed E-state index contributed by atoms with van der Waals surface area (Å²) in [5, 5.41) is 0. The summed E-state index contributed by atoms with van der Waals surface area (Å²) in [4.78, 5) is 7.01. The normalized spacial score (nSPS) is 27.2. The van der Waals surface area contributed by atoms with E-state index in [1.54, 1.807) is 0 Å². The van der Waals surface area contributed by atoms with Crippen molar-refractivity contribution in [3.8, 4) is 0 Å². The van der Waals surface area contributed by atoms with Crippen molar-refractivity contribution in [1.82, 2.24) is 4.90 Å². The fourth-order valence-electron chi connectivity index (χ4n) is 2.19. The van der Waals surface area contributed by atoms with E-state index >= 15 is 0 Å². The molecule has 0 N–H and O–H groups in total. The molecule has 0 radical (unpaired) electrons. The smallest absolute Gasteiger partial charge is 0.0414 e. The molecule has 0 aromatic carbocycles. The Labute approximate surface area is 81.0 Å². The maximum atomic E-state index is 4.34.